The summed E-state index contributed by atoms with van der Waals surface area (Å²) in [5.41, 5.74) is 4.57. The number of amides is 1. The van der Waals surface area contributed by atoms with Crippen LogP contribution < -0.4 is 11.1 Å². The molecular weight excluding hydrogens is 523 g/mol. The molecule has 0 fully saturated rings. The van der Waals surface area contributed by atoms with Crippen molar-refractivity contribution in [2.45, 2.75) is 16.7 Å². The molecule has 0 aromatic heterocycles. The molecule has 0 radical (unpaired) electrons. The van der Waals surface area contributed by atoms with E-state index in [1.807, 2.05) is 0 Å². The van der Waals surface area contributed by atoms with E-state index in [-0.39, 0.29) is 17.1 Å². The summed E-state index contributed by atoms with van der Waals surface area (Å²) >= 11 is 0. The van der Waals surface area contributed by atoms with Crippen molar-refractivity contribution in [3.63, 3.8) is 0 Å². The lowest BCUT2D eigenvalue weighted by molar-refractivity contribution is -0.114. The minimum absolute atomic E-state index is 0.0837. The van der Waals surface area contributed by atoms with Crippen molar-refractivity contribution < 1.29 is 47.7 Å². The first-order chi connectivity index (χ1) is 15.5. The summed E-state index contributed by atoms with van der Waals surface area (Å²) in [4.78, 5) is 9.84. The Morgan fingerprint density at radius 1 is 1.06 bits per heavy atom. The number of halogens is 1. The number of nitrogens with one attached hydrogen (secondary N) is 1. The first-order valence-corrected chi connectivity index (χ1v) is 13.2. The van der Waals surface area contributed by atoms with Crippen molar-refractivity contribution in [3.05, 3.63) is 36.1 Å². The summed E-state index contributed by atoms with van der Waals surface area (Å²) in [6, 6.07) is 4.32. The van der Waals surface area contributed by atoms with Gasteiger partial charge in [-0.05, 0) is 24.3 Å². The number of nitrogen functional groups attached to an aromatic ring is 1. The first kappa shape index (κ1) is 27.2. The Morgan fingerprint density at radius 3 is 2.24 bits per heavy atom. The molecule has 2 rings (SSSR count). The normalized spacial score (nSPS) is 12.7. The van der Waals surface area contributed by atoms with Crippen LogP contribution in [0.5, 0.6) is 0 Å². The van der Waals surface area contributed by atoms with Gasteiger partial charge in [0.05, 0.1) is 29.4 Å². The number of nitrogens with two attached hydrogens (primary N) is 1. The van der Waals surface area contributed by atoms with Crippen molar-refractivity contribution in [1.82, 2.24) is 0 Å². The number of benzene rings is 2. The number of hydrogen-bond acceptors (Lipinski definition) is 11. The summed E-state index contributed by atoms with van der Waals surface area (Å²) in [5.74, 6) is -2.82. The van der Waals surface area contributed by atoms with Crippen LogP contribution in [0.4, 0.5) is 27.1 Å². The summed E-state index contributed by atoms with van der Waals surface area (Å²) in [7, 11) is -14.0. The van der Waals surface area contributed by atoms with Crippen molar-refractivity contribution in [3.8, 4) is 0 Å². The zero-order valence-electron chi connectivity index (χ0n) is 17.0. The second kappa shape index (κ2) is 10.1. The van der Waals surface area contributed by atoms with E-state index in [1.165, 1.54) is 0 Å². The number of carbonyl (C=O) groups excluding carboxylic acids is 1. The molecule has 0 saturated carbocycles. The average molecular weight is 541 g/mol. The van der Waals surface area contributed by atoms with Crippen LogP contribution in [0.25, 0.3) is 0 Å². The van der Waals surface area contributed by atoms with Gasteiger partial charge >= 0.3 is 10.4 Å². The maximum atomic E-state index is 14.4. The summed E-state index contributed by atoms with van der Waals surface area (Å²) in [6.07, 6.45) is 0. The molecule has 14 nitrogen and oxygen atoms in total. The summed E-state index contributed by atoms with van der Waals surface area (Å²) < 4.78 is 104. The highest BCUT2D eigenvalue weighted by molar-refractivity contribution is 7.91. The van der Waals surface area contributed by atoms with Crippen LogP contribution in [-0.4, -0.2) is 52.6 Å². The van der Waals surface area contributed by atoms with Gasteiger partial charge in [-0.1, -0.05) is 0 Å². The number of nitrogens with zero attached hydrogens (tertiary/aromatic N) is 2. The number of carbonyl (C=O) groups is 1. The maximum absolute atomic E-state index is 14.4. The molecule has 0 heterocycles. The third-order valence-electron chi connectivity index (χ3n) is 3.82. The topological polar surface area (TPSA) is 232 Å². The number of rotatable bonds is 9. The molecular formula is C16H17FN4O10S3. The van der Waals surface area contributed by atoms with Crippen LogP contribution in [0.2, 0.25) is 0 Å². The molecule has 0 unspecified atom stereocenters. The van der Waals surface area contributed by atoms with Crippen molar-refractivity contribution in [2.75, 3.05) is 23.4 Å². The minimum atomic E-state index is -4.88. The molecule has 34 heavy (non-hydrogen) atoms. The Bertz CT molecular complexity index is 1470. The Morgan fingerprint density at radius 2 is 1.71 bits per heavy atom. The van der Waals surface area contributed by atoms with E-state index in [2.05, 4.69) is 19.7 Å². The lowest BCUT2D eigenvalue weighted by Crippen LogP contribution is -2.16. The van der Waals surface area contributed by atoms with E-state index in [1.54, 1.807) is 0 Å². The molecule has 18 heteroatoms. The van der Waals surface area contributed by atoms with E-state index in [4.69, 9.17) is 10.3 Å². The van der Waals surface area contributed by atoms with Gasteiger partial charge in [-0.2, -0.15) is 21.9 Å². The van der Waals surface area contributed by atoms with Crippen LogP contribution in [0, 0.1) is 5.82 Å². The lowest BCUT2D eigenvalue weighted by atomic mass is 10.2. The quantitative estimate of drug-likeness (QED) is 0.203. The van der Waals surface area contributed by atoms with E-state index in [0.717, 1.165) is 31.2 Å². The SMILES string of the molecule is CC(=O)Nc1cc(N)c(S(=O)(=O)O)cc1N=Nc1ccc(S(=O)(=O)CCOS(=O)(=O)O)c(F)c1. The molecule has 0 bridgehead atoms. The molecule has 186 valence electrons. The molecule has 0 spiro atoms. The van der Waals surface area contributed by atoms with Crippen LogP contribution in [0.1, 0.15) is 6.92 Å². The van der Waals surface area contributed by atoms with Gasteiger partial charge in [0.1, 0.15) is 21.3 Å². The Balaban J connectivity index is 2.39. The van der Waals surface area contributed by atoms with Gasteiger partial charge in [-0.3, -0.25) is 13.9 Å². The molecule has 5 N–H and O–H groups in total. The fourth-order valence-electron chi connectivity index (χ4n) is 2.46. The van der Waals surface area contributed by atoms with Crippen LogP contribution in [-0.2, 0) is 39.3 Å². The van der Waals surface area contributed by atoms with Gasteiger partial charge in [0.15, 0.2) is 9.84 Å². The van der Waals surface area contributed by atoms with Crippen molar-refractivity contribution >= 4 is 59.0 Å². The first-order valence-electron chi connectivity index (χ1n) is 8.74. The van der Waals surface area contributed by atoms with Crippen molar-refractivity contribution in [1.29, 1.82) is 0 Å². The predicted molar refractivity (Wildman–Crippen MR) is 115 cm³/mol. The highest BCUT2D eigenvalue weighted by Gasteiger charge is 2.21. The van der Waals surface area contributed by atoms with Crippen LogP contribution in [0.3, 0.4) is 0 Å². The monoisotopic (exact) mass is 540 g/mol. The van der Waals surface area contributed by atoms with Gasteiger partial charge < -0.3 is 11.1 Å². The van der Waals surface area contributed by atoms with Gasteiger partial charge in [-0.25, -0.2) is 17.0 Å². The van der Waals surface area contributed by atoms with Crippen molar-refractivity contribution in [2.24, 2.45) is 10.2 Å². The van der Waals surface area contributed by atoms with Gasteiger partial charge in [-0.15, -0.1) is 5.11 Å². The molecule has 2 aromatic carbocycles. The highest BCUT2D eigenvalue weighted by atomic mass is 32.3. The number of azo groups is 1. The third kappa shape index (κ3) is 7.50. The zero-order chi connectivity index (χ0) is 25.9. The molecule has 2 aromatic rings. The Labute approximate surface area is 193 Å². The molecule has 0 atom stereocenters. The molecule has 0 aliphatic heterocycles. The standard InChI is InChI=1S/C16H17FN4O10S3/c1-9(22)19-13-7-12(18)16(33(25,26)27)8-14(13)21-20-10-2-3-15(11(17)6-10)32(23,24)5-4-31-34(28,29)30/h2-3,6-8H,4-5,18H2,1H3,(H,19,22)(H,25,26,27)(H,28,29,30). The van der Waals surface area contributed by atoms with E-state index >= 15 is 0 Å². The highest BCUT2D eigenvalue weighted by Crippen LogP contribution is 2.34. The fourth-order valence-corrected chi connectivity index (χ4v) is 4.63. The van der Waals surface area contributed by atoms with E-state index < -0.39 is 69.9 Å². The van der Waals surface area contributed by atoms with Gasteiger partial charge in [0, 0.05) is 13.0 Å². The smallest absolute Gasteiger partial charge is 0.397 e. The van der Waals surface area contributed by atoms with Crippen LogP contribution >= 0.6 is 0 Å². The molecule has 0 aliphatic rings. The largest absolute Gasteiger partial charge is 0.398 e. The van der Waals surface area contributed by atoms with Crippen LogP contribution in [0.15, 0.2) is 50.4 Å². The second-order valence-corrected chi connectivity index (χ2v) is 11.0. The number of anilines is 2. The summed E-state index contributed by atoms with van der Waals surface area (Å²) in [5, 5.41) is 9.69. The fraction of sp³-hybridized carbons (Fsp3) is 0.188. The zero-order valence-corrected chi connectivity index (χ0v) is 19.5. The van der Waals surface area contributed by atoms with E-state index in [9.17, 15) is 39.0 Å². The average Bonchev–Trinajstić information content (AvgIpc) is 2.64. The summed E-state index contributed by atoms with van der Waals surface area (Å²) in [6.45, 7) is 0.185. The van der Waals surface area contributed by atoms with Gasteiger partial charge in [0.25, 0.3) is 10.1 Å². The van der Waals surface area contributed by atoms with E-state index in [0.29, 0.717) is 6.07 Å². The predicted octanol–water partition coefficient (Wildman–Crippen LogP) is 1.62. The molecule has 1 amide bonds. The molecule has 0 aliphatic carbocycles. The maximum Gasteiger partial charge on any atom is 0.397 e. The minimum Gasteiger partial charge on any atom is -0.398 e. The Hall–Kier alpha value is -3.03. The van der Waals surface area contributed by atoms with Gasteiger partial charge in [0.2, 0.25) is 5.91 Å². The lowest BCUT2D eigenvalue weighted by Gasteiger charge is -2.10. The third-order valence-corrected chi connectivity index (χ3v) is 6.90. The molecule has 0 saturated heterocycles. The number of sulfone groups is 1. The Kier molecular flexibility index (Phi) is 8.06. The number of hydrogen-bond donors (Lipinski definition) is 4. The second-order valence-electron chi connectivity index (χ2n) is 6.45.